The molecule has 2 heterocycles. The first-order valence-electron chi connectivity index (χ1n) is 8.74. The van der Waals surface area contributed by atoms with Crippen molar-refractivity contribution >= 4 is 19.1 Å². The third kappa shape index (κ3) is 3.20. The van der Waals surface area contributed by atoms with Crippen LogP contribution in [-0.2, 0) is 18.8 Å². The lowest BCUT2D eigenvalue weighted by atomic mass is 9.66. The molecule has 0 aromatic carbocycles. The van der Waals surface area contributed by atoms with E-state index < -0.39 is 30.3 Å². The van der Waals surface area contributed by atoms with Crippen LogP contribution in [0.5, 0.6) is 0 Å². The summed E-state index contributed by atoms with van der Waals surface area (Å²) in [6.07, 6.45) is -0.549. The molecular formula is C17H30BNO5. The normalized spacial score (nSPS) is 28.2. The number of carbonyl (C=O) groups excluding carboxylic acids is 2. The molecule has 0 aromatic rings. The number of imide groups is 1. The summed E-state index contributed by atoms with van der Waals surface area (Å²) < 4.78 is 17.2. The molecule has 6 nitrogen and oxygen atoms in total. The number of hydrogen-bond acceptors (Lipinski definition) is 5. The highest BCUT2D eigenvalue weighted by molar-refractivity contribution is 6.48. The summed E-state index contributed by atoms with van der Waals surface area (Å²) in [4.78, 5) is 26.2. The van der Waals surface area contributed by atoms with Gasteiger partial charge in [0.25, 0.3) is 0 Å². The van der Waals surface area contributed by atoms with Gasteiger partial charge in [-0.05, 0) is 33.6 Å². The summed E-state index contributed by atoms with van der Waals surface area (Å²) in [5.41, 5.74) is -0.885. The molecule has 2 amide bonds. The van der Waals surface area contributed by atoms with E-state index in [0.717, 1.165) is 0 Å². The van der Waals surface area contributed by atoms with Crippen LogP contribution in [-0.4, -0.2) is 47.9 Å². The molecule has 7 heteroatoms. The zero-order valence-corrected chi connectivity index (χ0v) is 16.1. The van der Waals surface area contributed by atoms with Crippen LogP contribution in [0.1, 0.15) is 55.4 Å². The van der Waals surface area contributed by atoms with Gasteiger partial charge in [-0.2, -0.15) is 0 Å². The zero-order valence-electron chi connectivity index (χ0n) is 16.1. The van der Waals surface area contributed by atoms with E-state index in [2.05, 4.69) is 0 Å². The van der Waals surface area contributed by atoms with Crippen LogP contribution in [0.3, 0.4) is 0 Å². The van der Waals surface area contributed by atoms with Gasteiger partial charge in [-0.25, -0.2) is 9.69 Å². The first kappa shape index (κ1) is 19.3. The van der Waals surface area contributed by atoms with Crippen LogP contribution < -0.4 is 0 Å². The monoisotopic (exact) mass is 339 g/mol. The second-order valence-electron chi connectivity index (χ2n) is 8.37. The minimum absolute atomic E-state index is 0.153. The summed E-state index contributed by atoms with van der Waals surface area (Å²) >= 11 is 0. The van der Waals surface area contributed by atoms with Gasteiger partial charge < -0.3 is 14.0 Å². The van der Waals surface area contributed by atoms with Gasteiger partial charge in [0.1, 0.15) is 6.61 Å². The topological polar surface area (TPSA) is 65.1 Å². The Morgan fingerprint density at radius 2 is 1.62 bits per heavy atom. The van der Waals surface area contributed by atoms with Gasteiger partial charge in [0, 0.05) is 11.7 Å². The quantitative estimate of drug-likeness (QED) is 0.737. The predicted octanol–water partition coefficient (Wildman–Crippen LogP) is 3.11. The molecule has 136 valence electrons. The lowest BCUT2D eigenvalue weighted by Crippen LogP contribution is -2.46. The van der Waals surface area contributed by atoms with Crippen molar-refractivity contribution < 1.29 is 23.6 Å². The van der Waals surface area contributed by atoms with E-state index >= 15 is 0 Å². The average molecular weight is 339 g/mol. The lowest BCUT2D eigenvalue weighted by Gasteiger charge is -2.32. The summed E-state index contributed by atoms with van der Waals surface area (Å²) in [5.74, 6) is -0.662. The molecule has 0 saturated carbocycles. The van der Waals surface area contributed by atoms with Crippen LogP contribution in [0.15, 0.2) is 0 Å². The van der Waals surface area contributed by atoms with Crippen LogP contribution >= 0.6 is 0 Å². The molecular weight excluding hydrogens is 309 g/mol. The lowest BCUT2D eigenvalue weighted by molar-refractivity contribution is -0.133. The van der Waals surface area contributed by atoms with Crippen molar-refractivity contribution in [1.29, 1.82) is 0 Å². The zero-order chi connectivity index (χ0) is 18.4. The van der Waals surface area contributed by atoms with Gasteiger partial charge in [-0.1, -0.05) is 27.7 Å². The minimum Gasteiger partial charge on any atom is -0.447 e. The number of nitrogens with zero attached hydrogens (tertiary/aromatic N) is 1. The molecule has 24 heavy (non-hydrogen) atoms. The second-order valence-corrected chi connectivity index (χ2v) is 8.37. The molecule has 0 radical (unpaired) electrons. The summed E-state index contributed by atoms with van der Waals surface area (Å²) in [6.45, 7) is 15.9. The van der Waals surface area contributed by atoms with E-state index in [9.17, 15) is 9.59 Å². The predicted molar refractivity (Wildman–Crippen MR) is 91.5 cm³/mol. The Bertz CT molecular complexity index is 503. The van der Waals surface area contributed by atoms with Gasteiger partial charge in [-0.3, -0.25) is 4.79 Å². The maximum Gasteiger partial charge on any atom is 0.461 e. The molecule has 2 fully saturated rings. The van der Waals surface area contributed by atoms with Crippen molar-refractivity contribution in [2.24, 2.45) is 11.8 Å². The Labute approximate surface area is 145 Å². The molecule has 0 bridgehead atoms. The van der Waals surface area contributed by atoms with E-state index in [-0.39, 0.29) is 30.3 Å². The molecule has 2 rings (SSSR count). The van der Waals surface area contributed by atoms with Crippen molar-refractivity contribution in [2.75, 3.05) is 6.61 Å². The van der Waals surface area contributed by atoms with E-state index in [1.54, 1.807) is 0 Å². The number of hydrogen-bond donors (Lipinski definition) is 0. The molecule has 2 aliphatic heterocycles. The highest BCUT2D eigenvalue weighted by atomic mass is 16.7. The van der Waals surface area contributed by atoms with Gasteiger partial charge in [-0.15, -0.1) is 0 Å². The number of ether oxygens (including phenoxy) is 1. The maximum atomic E-state index is 12.9. The Balaban J connectivity index is 2.12. The smallest absolute Gasteiger partial charge is 0.447 e. The van der Waals surface area contributed by atoms with Crippen molar-refractivity contribution in [3.8, 4) is 0 Å². The third-order valence-electron chi connectivity index (χ3n) is 5.79. The molecule has 0 aliphatic carbocycles. The van der Waals surface area contributed by atoms with Crippen molar-refractivity contribution in [2.45, 2.75) is 78.5 Å². The van der Waals surface area contributed by atoms with Crippen LogP contribution in [0, 0.1) is 11.8 Å². The summed E-state index contributed by atoms with van der Waals surface area (Å²) in [5, 5.41) is 0. The molecule has 3 atom stereocenters. The van der Waals surface area contributed by atoms with Crippen molar-refractivity contribution in [3.05, 3.63) is 0 Å². The van der Waals surface area contributed by atoms with E-state index in [1.165, 1.54) is 4.90 Å². The van der Waals surface area contributed by atoms with Gasteiger partial charge in [0.05, 0.1) is 17.2 Å². The van der Waals surface area contributed by atoms with Crippen molar-refractivity contribution in [3.63, 3.8) is 0 Å². The average Bonchev–Trinajstić information content (AvgIpc) is 2.94. The Morgan fingerprint density at radius 1 is 1.12 bits per heavy atom. The van der Waals surface area contributed by atoms with Crippen LogP contribution in [0.4, 0.5) is 4.79 Å². The third-order valence-corrected chi connectivity index (χ3v) is 5.79. The highest BCUT2D eigenvalue weighted by Crippen LogP contribution is 2.42. The number of carbonyl (C=O) groups is 2. The highest BCUT2D eigenvalue weighted by Gasteiger charge is 2.55. The fourth-order valence-corrected chi connectivity index (χ4v) is 2.96. The first-order chi connectivity index (χ1) is 10.9. The summed E-state index contributed by atoms with van der Waals surface area (Å²) in [7, 11) is -0.481. The van der Waals surface area contributed by atoms with E-state index in [4.69, 9.17) is 14.0 Å². The largest absolute Gasteiger partial charge is 0.461 e. The fraction of sp³-hybridized carbons (Fsp3) is 0.882. The number of rotatable bonds is 4. The van der Waals surface area contributed by atoms with Gasteiger partial charge in [0.2, 0.25) is 5.91 Å². The summed E-state index contributed by atoms with van der Waals surface area (Å²) in [6, 6.07) is -0.210. The molecule has 0 aromatic heterocycles. The minimum atomic E-state index is -0.549. The number of cyclic esters (lactones) is 1. The Morgan fingerprint density at radius 3 is 2.08 bits per heavy atom. The second kappa shape index (κ2) is 6.34. The fourth-order valence-electron chi connectivity index (χ4n) is 2.96. The van der Waals surface area contributed by atoms with Gasteiger partial charge >= 0.3 is 13.2 Å². The molecule has 2 saturated heterocycles. The maximum absolute atomic E-state index is 12.9. The Hall–Kier alpha value is -1.08. The van der Waals surface area contributed by atoms with E-state index in [1.807, 2.05) is 55.4 Å². The van der Waals surface area contributed by atoms with Crippen LogP contribution in [0.25, 0.3) is 0 Å². The Kier molecular flexibility index (Phi) is 5.08. The standard InChI is InChI=1S/C17H30BNO5/c1-10(2)13-9-22-15(21)19(13)14(20)11(3)12(4)18-23-16(5,6)17(7,8)24-18/h10-13H,9H2,1-8H3/t11-,12-,13-/m1/s1. The first-order valence-corrected chi connectivity index (χ1v) is 8.74. The van der Waals surface area contributed by atoms with Crippen molar-refractivity contribution in [1.82, 2.24) is 4.90 Å². The van der Waals surface area contributed by atoms with E-state index in [0.29, 0.717) is 0 Å². The molecule has 0 N–H and O–H groups in total. The molecule has 0 unspecified atom stereocenters. The SMILES string of the molecule is CC(C)[C@H]1COC(=O)N1C(=O)[C@H](C)[C@@H](C)B1OC(C)(C)C(C)(C)O1. The molecule has 0 spiro atoms. The number of amides is 2. The van der Waals surface area contributed by atoms with Crippen LogP contribution in [0.2, 0.25) is 5.82 Å². The molecule has 2 aliphatic rings. The van der Waals surface area contributed by atoms with Gasteiger partial charge in [0.15, 0.2) is 0 Å².